The molecular weight excluding hydrogens is 480 g/mol. The number of benzene rings is 2. The van der Waals surface area contributed by atoms with Gasteiger partial charge in [-0.05, 0) is 36.9 Å². The average Bonchev–Trinajstić information content (AvgIpc) is 3.03. The topological polar surface area (TPSA) is 81.2 Å². The Morgan fingerprint density at radius 1 is 0.974 bits per heavy atom. The molecular formula is C29H34N6O3. The summed E-state index contributed by atoms with van der Waals surface area (Å²) in [7, 11) is 5.35. The van der Waals surface area contributed by atoms with E-state index in [-0.39, 0.29) is 11.8 Å². The van der Waals surface area contributed by atoms with Crippen molar-refractivity contribution in [3.63, 3.8) is 0 Å². The van der Waals surface area contributed by atoms with E-state index < -0.39 is 0 Å². The summed E-state index contributed by atoms with van der Waals surface area (Å²) in [6.45, 7) is 6.77. The van der Waals surface area contributed by atoms with Crippen molar-refractivity contribution >= 4 is 40.4 Å². The van der Waals surface area contributed by atoms with Crippen LogP contribution in [0.1, 0.15) is 33.2 Å². The van der Waals surface area contributed by atoms with Crippen molar-refractivity contribution in [1.29, 1.82) is 0 Å². The number of aromatic nitrogens is 1. The minimum atomic E-state index is -0.0764. The summed E-state index contributed by atoms with van der Waals surface area (Å²) in [5.74, 6) is 0.594. The number of nitrogens with one attached hydrogen (secondary N) is 1. The van der Waals surface area contributed by atoms with Crippen molar-refractivity contribution in [2.45, 2.75) is 13.5 Å². The first-order chi connectivity index (χ1) is 18.4. The highest BCUT2D eigenvalue weighted by atomic mass is 16.5. The van der Waals surface area contributed by atoms with Gasteiger partial charge < -0.3 is 29.7 Å². The van der Waals surface area contributed by atoms with Gasteiger partial charge in [0, 0.05) is 70.3 Å². The second-order valence-electron chi connectivity index (χ2n) is 9.65. The molecule has 5 rings (SSSR count). The van der Waals surface area contributed by atoms with Gasteiger partial charge in [0.15, 0.2) is 0 Å². The number of pyridine rings is 1. The van der Waals surface area contributed by atoms with Crippen LogP contribution in [-0.4, -0.2) is 80.5 Å². The minimum Gasteiger partial charge on any atom is -0.380 e. The van der Waals surface area contributed by atoms with Crippen molar-refractivity contribution in [1.82, 2.24) is 14.8 Å². The third kappa shape index (κ3) is 4.82. The smallest absolute Gasteiger partial charge is 0.260 e. The highest BCUT2D eigenvalue weighted by Crippen LogP contribution is 2.40. The highest BCUT2D eigenvalue weighted by Gasteiger charge is 2.28. The highest BCUT2D eigenvalue weighted by molar-refractivity contribution is 6.13. The first kappa shape index (κ1) is 25.7. The van der Waals surface area contributed by atoms with Crippen LogP contribution in [-0.2, 0) is 11.3 Å². The van der Waals surface area contributed by atoms with Gasteiger partial charge in [-0.1, -0.05) is 19.1 Å². The number of hydrogen-bond donors (Lipinski definition) is 1. The van der Waals surface area contributed by atoms with E-state index in [0.717, 1.165) is 61.0 Å². The summed E-state index contributed by atoms with van der Waals surface area (Å²) in [6, 6.07) is 15.2. The maximum absolute atomic E-state index is 13.2. The summed E-state index contributed by atoms with van der Waals surface area (Å²) >= 11 is 0. The van der Waals surface area contributed by atoms with E-state index in [0.29, 0.717) is 23.6 Å². The number of likely N-dealkylation sites (N-methyl/N-ethyl adjacent to an activating group) is 1. The van der Waals surface area contributed by atoms with Crippen LogP contribution in [0.5, 0.6) is 0 Å². The zero-order valence-corrected chi connectivity index (χ0v) is 22.4. The molecule has 3 aromatic rings. The largest absolute Gasteiger partial charge is 0.380 e. The lowest BCUT2D eigenvalue weighted by molar-refractivity contribution is 0.0643. The molecule has 1 aromatic heterocycles. The van der Waals surface area contributed by atoms with Crippen LogP contribution in [0.2, 0.25) is 0 Å². The fourth-order valence-corrected chi connectivity index (χ4v) is 5.11. The monoisotopic (exact) mass is 514 g/mol. The van der Waals surface area contributed by atoms with Crippen molar-refractivity contribution < 1.29 is 14.3 Å². The molecule has 38 heavy (non-hydrogen) atoms. The van der Waals surface area contributed by atoms with Crippen LogP contribution in [0.15, 0.2) is 54.7 Å². The zero-order chi connectivity index (χ0) is 26.8. The molecule has 9 heteroatoms. The molecule has 0 unspecified atom stereocenters. The van der Waals surface area contributed by atoms with Gasteiger partial charge in [0.2, 0.25) is 0 Å². The SMILES string of the molecule is CCN1CCN(C(=O)c2ccc(Nc3cc4c(cn3)N(C)C(=O)c3ccccc3N4C)c(COC)c2)CC1. The maximum atomic E-state index is 13.2. The lowest BCUT2D eigenvalue weighted by atomic mass is 10.1. The molecule has 1 saturated heterocycles. The second-order valence-corrected chi connectivity index (χ2v) is 9.65. The number of methoxy groups -OCH3 is 1. The molecule has 0 aliphatic carbocycles. The molecule has 198 valence electrons. The summed E-state index contributed by atoms with van der Waals surface area (Å²) in [4.78, 5) is 38.8. The van der Waals surface area contributed by atoms with Crippen LogP contribution < -0.4 is 15.1 Å². The van der Waals surface area contributed by atoms with E-state index in [9.17, 15) is 9.59 Å². The van der Waals surface area contributed by atoms with Crippen LogP contribution in [0.4, 0.5) is 28.6 Å². The molecule has 0 bridgehead atoms. The van der Waals surface area contributed by atoms with Gasteiger partial charge in [-0.15, -0.1) is 0 Å². The zero-order valence-electron chi connectivity index (χ0n) is 22.4. The van der Waals surface area contributed by atoms with Crippen LogP contribution in [0.3, 0.4) is 0 Å². The lowest BCUT2D eigenvalue weighted by Crippen LogP contribution is -2.48. The molecule has 1 N–H and O–H groups in total. The Labute approximate surface area is 223 Å². The molecule has 2 aliphatic rings. The number of amides is 2. The normalized spacial score (nSPS) is 15.7. The van der Waals surface area contributed by atoms with Gasteiger partial charge in [-0.3, -0.25) is 9.59 Å². The van der Waals surface area contributed by atoms with E-state index in [1.54, 1.807) is 25.3 Å². The summed E-state index contributed by atoms with van der Waals surface area (Å²) < 4.78 is 5.46. The predicted octanol–water partition coefficient (Wildman–Crippen LogP) is 4.11. The van der Waals surface area contributed by atoms with Gasteiger partial charge in [-0.25, -0.2) is 4.98 Å². The first-order valence-electron chi connectivity index (χ1n) is 12.9. The number of nitrogens with zero attached hydrogens (tertiary/aromatic N) is 5. The Kier molecular flexibility index (Phi) is 7.31. The third-order valence-corrected chi connectivity index (χ3v) is 7.41. The number of hydrogen-bond acceptors (Lipinski definition) is 7. The van der Waals surface area contributed by atoms with Crippen LogP contribution in [0.25, 0.3) is 0 Å². The Hall–Kier alpha value is -3.95. The van der Waals surface area contributed by atoms with E-state index in [4.69, 9.17) is 4.74 Å². The van der Waals surface area contributed by atoms with Crippen molar-refractivity contribution in [3.8, 4) is 0 Å². The average molecular weight is 515 g/mol. The summed E-state index contributed by atoms with van der Waals surface area (Å²) in [6.07, 6.45) is 1.71. The van der Waals surface area contributed by atoms with E-state index >= 15 is 0 Å². The Morgan fingerprint density at radius 3 is 2.47 bits per heavy atom. The summed E-state index contributed by atoms with van der Waals surface area (Å²) in [5.41, 5.74) is 5.39. The fraction of sp³-hybridized carbons (Fsp3) is 0.345. The van der Waals surface area contributed by atoms with Gasteiger partial charge >= 0.3 is 0 Å². The molecule has 0 saturated carbocycles. The maximum Gasteiger partial charge on any atom is 0.260 e. The van der Waals surface area contributed by atoms with Gasteiger partial charge in [0.05, 0.1) is 35.4 Å². The minimum absolute atomic E-state index is 0.0424. The number of rotatable bonds is 6. The van der Waals surface area contributed by atoms with Crippen LogP contribution in [0, 0.1) is 0 Å². The van der Waals surface area contributed by atoms with Gasteiger partial charge in [0.1, 0.15) is 5.82 Å². The van der Waals surface area contributed by atoms with E-state index in [2.05, 4.69) is 22.1 Å². The quantitative estimate of drug-likeness (QED) is 0.530. The van der Waals surface area contributed by atoms with Crippen molar-refractivity contribution in [3.05, 3.63) is 71.4 Å². The lowest BCUT2D eigenvalue weighted by Gasteiger charge is -2.34. The standard InChI is InChI=1S/C29H34N6O3/c1-5-34-12-14-35(15-13-34)28(36)20-10-11-23(21(16-20)19-38-4)31-27-17-25-26(18-30-27)33(3)29(37)22-8-6-7-9-24(22)32(25)2/h6-11,16-18H,5,12-15,19H2,1-4H3,(H,30,31). The number of anilines is 5. The van der Waals surface area contributed by atoms with Gasteiger partial charge in [0.25, 0.3) is 11.8 Å². The molecule has 1 fully saturated rings. The Morgan fingerprint density at radius 2 is 1.74 bits per heavy atom. The second kappa shape index (κ2) is 10.8. The molecule has 0 radical (unpaired) electrons. The van der Waals surface area contributed by atoms with E-state index in [1.807, 2.05) is 65.4 Å². The first-order valence-corrected chi connectivity index (χ1v) is 12.9. The van der Waals surface area contributed by atoms with Crippen molar-refractivity contribution in [2.24, 2.45) is 0 Å². The predicted molar refractivity (Wildman–Crippen MR) is 150 cm³/mol. The fourth-order valence-electron chi connectivity index (χ4n) is 5.11. The van der Waals surface area contributed by atoms with Gasteiger partial charge in [-0.2, -0.15) is 0 Å². The number of fused-ring (bicyclic) bond motifs is 2. The number of piperazine rings is 1. The van der Waals surface area contributed by atoms with Crippen LogP contribution >= 0.6 is 0 Å². The van der Waals surface area contributed by atoms with Crippen molar-refractivity contribution in [2.75, 3.05) is 69.0 Å². The number of carbonyl (C=O) groups excluding carboxylic acids is 2. The molecule has 2 aliphatic heterocycles. The summed E-state index contributed by atoms with van der Waals surface area (Å²) in [5, 5.41) is 3.40. The molecule has 2 amide bonds. The molecule has 9 nitrogen and oxygen atoms in total. The third-order valence-electron chi connectivity index (χ3n) is 7.41. The number of ether oxygens (including phenoxy) is 1. The molecule has 0 atom stereocenters. The molecule has 0 spiro atoms. The number of carbonyl (C=O) groups is 2. The Balaban J connectivity index is 1.42. The molecule has 3 heterocycles. The Bertz CT molecular complexity index is 1350. The molecule has 2 aromatic carbocycles. The van der Waals surface area contributed by atoms with E-state index in [1.165, 1.54) is 0 Å². The number of para-hydroxylation sites is 1.